The van der Waals surface area contributed by atoms with Gasteiger partial charge < -0.3 is 5.11 Å². The van der Waals surface area contributed by atoms with Crippen LogP contribution in [0.3, 0.4) is 0 Å². The number of hydrogen-bond acceptors (Lipinski definition) is 1. The topological polar surface area (TPSA) is 20.2 Å². The molecule has 0 fully saturated rings. The summed E-state index contributed by atoms with van der Waals surface area (Å²) in [4.78, 5) is 0. The van der Waals surface area contributed by atoms with Crippen molar-refractivity contribution in [2.45, 2.75) is 12.8 Å². The SMILES string of the molecule is Oc1cccc(CC(CCl)Cc2ccc(Br)cc2)c1. The van der Waals surface area contributed by atoms with Crippen LogP contribution in [-0.2, 0) is 12.8 Å². The predicted octanol–water partition coefficient (Wildman–Crippen LogP) is 4.79. The van der Waals surface area contributed by atoms with E-state index in [1.54, 1.807) is 12.1 Å². The molecule has 2 rings (SSSR count). The van der Waals surface area contributed by atoms with E-state index in [9.17, 15) is 5.11 Å². The molecule has 0 amide bonds. The molecule has 2 aromatic rings. The van der Waals surface area contributed by atoms with Crippen LogP contribution in [0.25, 0.3) is 0 Å². The monoisotopic (exact) mass is 338 g/mol. The Morgan fingerprint density at radius 3 is 2.32 bits per heavy atom. The molecule has 0 aliphatic rings. The van der Waals surface area contributed by atoms with Gasteiger partial charge in [0.15, 0.2) is 0 Å². The summed E-state index contributed by atoms with van der Waals surface area (Å²) in [5.41, 5.74) is 2.41. The standard InChI is InChI=1S/C16H16BrClO/c17-15-6-4-12(5-7-15)8-14(11-18)9-13-2-1-3-16(19)10-13/h1-7,10,14,19H,8-9,11H2. The zero-order chi connectivity index (χ0) is 13.7. The molecule has 3 heteroatoms. The van der Waals surface area contributed by atoms with E-state index in [1.165, 1.54) is 5.56 Å². The normalized spacial score (nSPS) is 12.3. The van der Waals surface area contributed by atoms with Crippen LogP contribution in [0.1, 0.15) is 11.1 Å². The Bertz CT molecular complexity index is 525. The number of alkyl halides is 1. The summed E-state index contributed by atoms with van der Waals surface area (Å²) in [5.74, 6) is 1.31. The van der Waals surface area contributed by atoms with Gasteiger partial charge in [-0.3, -0.25) is 0 Å². The second-order valence-corrected chi connectivity index (χ2v) is 5.95. The Morgan fingerprint density at radius 1 is 1.00 bits per heavy atom. The lowest BCUT2D eigenvalue weighted by molar-refractivity contribution is 0.473. The molecular weight excluding hydrogens is 324 g/mol. The van der Waals surface area contributed by atoms with Gasteiger partial charge in [0.05, 0.1) is 0 Å². The molecule has 0 heterocycles. The first-order chi connectivity index (χ1) is 9.17. The highest BCUT2D eigenvalue weighted by Crippen LogP contribution is 2.20. The maximum absolute atomic E-state index is 9.48. The van der Waals surface area contributed by atoms with Gasteiger partial charge in [-0.25, -0.2) is 0 Å². The molecule has 0 saturated heterocycles. The van der Waals surface area contributed by atoms with Crippen LogP contribution in [0.15, 0.2) is 53.0 Å². The molecule has 100 valence electrons. The van der Waals surface area contributed by atoms with Crippen molar-refractivity contribution in [3.8, 4) is 5.75 Å². The van der Waals surface area contributed by atoms with Gasteiger partial charge in [-0.2, -0.15) is 0 Å². The number of benzene rings is 2. The first kappa shape index (κ1) is 14.4. The number of rotatable bonds is 5. The fraction of sp³-hybridized carbons (Fsp3) is 0.250. The largest absolute Gasteiger partial charge is 0.508 e. The quantitative estimate of drug-likeness (QED) is 0.776. The van der Waals surface area contributed by atoms with E-state index < -0.39 is 0 Å². The summed E-state index contributed by atoms with van der Waals surface area (Å²) in [6.07, 6.45) is 1.83. The fourth-order valence-corrected chi connectivity index (χ4v) is 2.63. The van der Waals surface area contributed by atoms with E-state index in [2.05, 4.69) is 40.2 Å². The zero-order valence-corrected chi connectivity index (χ0v) is 12.9. The highest BCUT2D eigenvalue weighted by atomic mass is 79.9. The molecule has 0 aliphatic carbocycles. The minimum Gasteiger partial charge on any atom is -0.508 e. The molecule has 1 N–H and O–H groups in total. The number of phenolic OH excluding ortho intramolecular Hbond substituents is 1. The van der Waals surface area contributed by atoms with Crippen molar-refractivity contribution in [1.82, 2.24) is 0 Å². The average Bonchev–Trinajstić information content (AvgIpc) is 2.40. The number of halogens is 2. The number of phenols is 1. The van der Waals surface area contributed by atoms with Crippen molar-refractivity contribution in [2.24, 2.45) is 5.92 Å². The van der Waals surface area contributed by atoms with Crippen molar-refractivity contribution < 1.29 is 5.11 Å². The van der Waals surface area contributed by atoms with E-state index in [0.717, 1.165) is 22.9 Å². The molecule has 0 spiro atoms. The molecule has 0 aliphatic heterocycles. The third-order valence-electron chi connectivity index (χ3n) is 3.09. The molecule has 0 bridgehead atoms. The van der Waals surface area contributed by atoms with Crippen LogP contribution < -0.4 is 0 Å². The van der Waals surface area contributed by atoms with Gasteiger partial charge in [-0.15, -0.1) is 11.6 Å². The second-order valence-electron chi connectivity index (χ2n) is 4.72. The van der Waals surface area contributed by atoms with Gasteiger partial charge in [-0.05, 0) is 54.2 Å². The van der Waals surface area contributed by atoms with Crippen molar-refractivity contribution in [3.05, 3.63) is 64.1 Å². The lowest BCUT2D eigenvalue weighted by Crippen LogP contribution is -2.10. The van der Waals surface area contributed by atoms with Crippen LogP contribution in [0.2, 0.25) is 0 Å². The maximum Gasteiger partial charge on any atom is 0.115 e. The summed E-state index contributed by atoms with van der Waals surface area (Å²) >= 11 is 9.50. The molecule has 1 atom stereocenters. The summed E-state index contributed by atoms with van der Waals surface area (Å²) in [6, 6.07) is 15.7. The van der Waals surface area contributed by atoms with Crippen molar-refractivity contribution in [2.75, 3.05) is 5.88 Å². The van der Waals surface area contributed by atoms with Crippen LogP contribution in [-0.4, -0.2) is 11.0 Å². The highest BCUT2D eigenvalue weighted by Gasteiger charge is 2.10. The maximum atomic E-state index is 9.48. The van der Waals surface area contributed by atoms with Gasteiger partial charge in [0.1, 0.15) is 5.75 Å². The molecule has 1 unspecified atom stereocenters. The summed E-state index contributed by atoms with van der Waals surface area (Å²) in [6.45, 7) is 0. The molecule has 1 nitrogen and oxygen atoms in total. The zero-order valence-electron chi connectivity index (χ0n) is 10.5. The van der Waals surface area contributed by atoms with Gasteiger partial charge in [0, 0.05) is 10.4 Å². The molecule has 0 radical (unpaired) electrons. The van der Waals surface area contributed by atoms with Crippen LogP contribution >= 0.6 is 27.5 Å². The minimum absolute atomic E-state index is 0.314. The second kappa shape index (κ2) is 6.97. The minimum atomic E-state index is 0.314. The smallest absolute Gasteiger partial charge is 0.115 e. The van der Waals surface area contributed by atoms with Gasteiger partial charge in [0.2, 0.25) is 0 Å². The summed E-state index contributed by atoms with van der Waals surface area (Å²) in [7, 11) is 0. The van der Waals surface area contributed by atoms with Gasteiger partial charge >= 0.3 is 0 Å². The van der Waals surface area contributed by atoms with Crippen LogP contribution in [0.5, 0.6) is 5.75 Å². The van der Waals surface area contributed by atoms with E-state index in [4.69, 9.17) is 11.6 Å². The van der Waals surface area contributed by atoms with Crippen molar-refractivity contribution in [1.29, 1.82) is 0 Å². The summed E-state index contributed by atoms with van der Waals surface area (Å²) < 4.78 is 1.09. The van der Waals surface area contributed by atoms with Gasteiger partial charge in [-0.1, -0.05) is 40.2 Å². The Kier molecular flexibility index (Phi) is 5.29. The average molecular weight is 340 g/mol. The van der Waals surface area contributed by atoms with Gasteiger partial charge in [0.25, 0.3) is 0 Å². The first-order valence-electron chi connectivity index (χ1n) is 6.25. The number of hydrogen-bond donors (Lipinski definition) is 1. The summed E-state index contributed by atoms with van der Waals surface area (Å²) in [5, 5.41) is 9.48. The first-order valence-corrected chi connectivity index (χ1v) is 7.58. The Morgan fingerprint density at radius 2 is 1.68 bits per heavy atom. The van der Waals surface area contributed by atoms with Crippen LogP contribution in [0.4, 0.5) is 0 Å². The molecule has 19 heavy (non-hydrogen) atoms. The third-order valence-corrected chi connectivity index (χ3v) is 4.06. The molecular formula is C16H16BrClO. The Labute approximate surface area is 127 Å². The predicted molar refractivity (Wildman–Crippen MR) is 83.9 cm³/mol. The lowest BCUT2D eigenvalue weighted by Gasteiger charge is -2.14. The van der Waals surface area contributed by atoms with Crippen molar-refractivity contribution >= 4 is 27.5 Å². The lowest BCUT2D eigenvalue weighted by atomic mass is 9.94. The van der Waals surface area contributed by atoms with E-state index in [-0.39, 0.29) is 0 Å². The highest BCUT2D eigenvalue weighted by molar-refractivity contribution is 9.10. The van der Waals surface area contributed by atoms with E-state index >= 15 is 0 Å². The third kappa shape index (κ3) is 4.55. The molecule has 0 aromatic heterocycles. The molecule has 2 aromatic carbocycles. The Balaban J connectivity index is 2.02. The van der Waals surface area contributed by atoms with E-state index in [1.807, 2.05) is 12.1 Å². The van der Waals surface area contributed by atoms with Crippen molar-refractivity contribution in [3.63, 3.8) is 0 Å². The van der Waals surface area contributed by atoms with Crippen LogP contribution in [0, 0.1) is 5.92 Å². The van der Waals surface area contributed by atoms with E-state index in [0.29, 0.717) is 17.5 Å². The Hall–Kier alpha value is -0.990. The fourth-order valence-electron chi connectivity index (χ4n) is 2.15. The molecule has 0 saturated carbocycles. The number of aromatic hydroxyl groups is 1.